The van der Waals surface area contributed by atoms with E-state index in [1.165, 1.54) is 10.9 Å². The molecule has 0 radical (unpaired) electrons. The average Bonchev–Trinajstić information content (AvgIpc) is 2.59. The second-order valence-electron chi connectivity index (χ2n) is 3.36. The fourth-order valence-corrected chi connectivity index (χ4v) is 2.36. The molecule has 0 fully saturated rings. The molecule has 2 aromatic rings. The summed E-state index contributed by atoms with van der Waals surface area (Å²) in [6.45, 7) is 0. The van der Waals surface area contributed by atoms with Crippen molar-refractivity contribution < 1.29 is 0 Å². The van der Waals surface area contributed by atoms with E-state index < -0.39 is 0 Å². The van der Waals surface area contributed by atoms with E-state index >= 15 is 0 Å². The van der Waals surface area contributed by atoms with Gasteiger partial charge in [0.25, 0.3) is 0 Å². The first kappa shape index (κ1) is 8.34. The summed E-state index contributed by atoms with van der Waals surface area (Å²) in [5.74, 6) is 0. The summed E-state index contributed by atoms with van der Waals surface area (Å²) in [5, 5.41) is 3.52. The summed E-state index contributed by atoms with van der Waals surface area (Å²) in [6, 6.07) is 8.00. The molecule has 1 aliphatic carbocycles. The van der Waals surface area contributed by atoms with Crippen LogP contribution in [0.3, 0.4) is 0 Å². The van der Waals surface area contributed by atoms with Crippen molar-refractivity contribution in [1.82, 2.24) is 0 Å². The summed E-state index contributed by atoms with van der Waals surface area (Å²) in [7, 11) is 0. The van der Waals surface area contributed by atoms with Gasteiger partial charge in [-0.2, -0.15) is 0 Å². The minimum Gasteiger partial charge on any atom is -0.0827 e. The lowest BCUT2D eigenvalue weighted by atomic mass is 10.0. The number of halogens is 2. The van der Waals surface area contributed by atoms with Crippen LogP contribution in [-0.2, 0) is 0 Å². The quantitative estimate of drug-likeness (QED) is 0.519. The molecule has 0 saturated carbocycles. The van der Waals surface area contributed by atoms with Gasteiger partial charge in [-0.3, -0.25) is 0 Å². The van der Waals surface area contributed by atoms with Crippen LogP contribution < -0.4 is 0 Å². The standard InChI is InChI=1S/C12H6Cl2/c13-10-6-8-5-4-7-2-1-3-9(11(7)8)12(10)14/h1-6H. The zero-order valence-electron chi connectivity index (χ0n) is 7.22. The van der Waals surface area contributed by atoms with Crippen molar-refractivity contribution in [3.05, 3.63) is 45.4 Å². The number of hydrogen-bond donors (Lipinski definition) is 0. The van der Waals surface area contributed by atoms with Crippen LogP contribution in [0.1, 0.15) is 11.1 Å². The summed E-state index contributed by atoms with van der Waals surface area (Å²) in [5.41, 5.74) is 2.38. The monoisotopic (exact) mass is 220 g/mol. The lowest BCUT2D eigenvalue weighted by molar-refractivity contribution is 1.71. The normalized spacial score (nSPS) is 12.7. The van der Waals surface area contributed by atoms with E-state index in [2.05, 4.69) is 18.2 Å². The van der Waals surface area contributed by atoms with Gasteiger partial charge >= 0.3 is 0 Å². The Kier molecular flexibility index (Phi) is 1.64. The second-order valence-corrected chi connectivity index (χ2v) is 4.15. The molecule has 1 aliphatic rings. The second kappa shape index (κ2) is 2.75. The molecule has 0 heterocycles. The molecule has 0 bridgehead atoms. The molecule has 0 spiro atoms. The maximum Gasteiger partial charge on any atom is 0.0671 e. The van der Waals surface area contributed by atoms with E-state index in [1.54, 1.807) is 0 Å². The molecular weight excluding hydrogens is 215 g/mol. The van der Waals surface area contributed by atoms with Gasteiger partial charge in [-0.25, -0.2) is 0 Å². The van der Waals surface area contributed by atoms with Gasteiger partial charge in [0.2, 0.25) is 0 Å². The molecule has 2 heteroatoms. The Labute approximate surface area is 91.8 Å². The first-order valence-electron chi connectivity index (χ1n) is 4.36. The zero-order valence-corrected chi connectivity index (χ0v) is 8.73. The lowest BCUT2D eigenvalue weighted by Crippen LogP contribution is -1.80. The van der Waals surface area contributed by atoms with Crippen molar-refractivity contribution in [3.63, 3.8) is 0 Å². The van der Waals surface area contributed by atoms with E-state index in [4.69, 9.17) is 23.2 Å². The number of rotatable bonds is 0. The van der Waals surface area contributed by atoms with Crippen LogP contribution in [-0.4, -0.2) is 0 Å². The Bertz CT molecular complexity index is 568. The third-order valence-electron chi connectivity index (χ3n) is 2.56. The van der Waals surface area contributed by atoms with Gasteiger partial charge in [-0.05, 0) is 22.6 Å². The molecule has 0 atom stereocenters. The molecular formula is C12H6Cl2. The highest BCUT2D eigenvalue weighted by Gasteiger charge is 2.13. The predicted molar refractivity (Wildman–Crippen MR) is 62.9 cm³/mol. The van der Waals surface area contributed by atoms with Crippen molar-refractivity contribution in [2.24, 2.45) is 0 Å². The highest BCUT2D eigenvalue weighted by Crippen LogP contribution is 2.39. The number of hydrogen-bond acceptors (Lipinski definition) is 0. The molecule has 68 valence electrons. The summed E-state index contributed by atoms with van der Waals surface area (Å²) >= 11 is 12.2. The SMILES string of the molecule is Clc1cc2c3c(cccc3c1Cl)C=C2. The first-order chi connectivity index (χ1) is 6.77. The van der Waals surface area contributed by atoms with E-state index in [-0.39, 0.29) is 0 Å². The van der Waals surface area contributed by atoms with Gasteiger partial charge in [0.15, 0.2) is 0 Å². The third-order valence-corrected chi connectivity index (χ3v) is 3.36. The Morgan fingerprint density at radius 3 is 2.57 bits per heavy atom. The molecule has 0 N–H and O–H groups in total. The van der Waals surface area contributed by atoms with Gasteiger partial charge in [-0.15, -0.1) is 0 Å². The van der Waals surface area contributed by atoms with E-state index in [0.717, 1.165) is 10.9 Å². The van der Waals surface area contributed by atoms with Crippen LogP contribution in [0.2, 0.25) is 10.0 Å². The van der Waals surface area contributed by atoms with Crippen LogP contribution >= 0.6 is 23.2 Å². The smallest absolute Gasteiger partial charge is 0.0671 e. The molecule has 0 amide bonds. The van der Waals surface area contributed by atoms with E-state index in [0.29, 0.717) is 10.0 Å². The van der Waals surface area contributed by atoms with Crippen molar-refractivity contribution in [2.45, 2.75) is 0 Å². The average molecular weight is 221 g/mol. The fourth-order valence-electron chi connectivity index (χ4n) is 1.93. The Morgan fingerprint density at radius 2 is 1.71 bits per heavy atom. The Hall–Kier alpha value is -0.980. The highest BCUT2D eigenvalue weighted by molar-refractivity contribution is 6.46. The molecule has 0 saturated heterocycles. The van der Waals surface area contributed by atoms with E-state index in [9.17, 15) is 0 Å². The number of benzene rings is 2. The molecule has 0 nitrogen and oxygen atoms in total. The van der Waals surface area contributed by atoms with Crippen LogP contribution in [0.5, 0.6) is 0 Å². The van der Waals surface area contributed by atoms with Gasteiger partial charge in [0.05, 0.1) is 10.0 Å². The summed E-state index contributed by atoms with van der Waals surface area (Å²) < 4.78 is 0. The Morgan fingerprint density at radius 1 is 0.929 bits per heavy atom. The maximum absolute atomic E-state index is 6.14. The van der Waals surface area contributed by atoms with Crippen LogP contribution in [0, 0.1) is 0 Å². The maximum atomic E-state index is 6.14. The highest BCUT2D eigenvalue weighted by atomic mass is 35.5. The lowest BCUT2D eigenvalue weighted by Gasteiger charge is -2.05. The molecule has 0 aliphatic heterocycles. The van der Waals surface area contributed by atoms with Gasteiger partial charge in [0.1, 0.15) is 0 Å². The summed E-state index contributed by atoms with van der Waals surface area (Å²) in [6.07, 6.45) is 4.16. The van der Waals surface area contributed by atoms with Crippen molar-refractivity contribution in [2.75, 3.05) is 0 Å². The molecule has 0 aromatic heterocycles. The minimum absolute atomic E-state index is 0.623. The minimum atomic E-state index is 0.623. The van der Waals surface area contributed by atoms with Gasteiger partial charge in [0, 0.05) is 5.39 Å². The zero-order chi connectivity index (χ0) is 9.71. The van der Waals surface area contributed by atoms with Gasteiger partial charge in [-0.1, -0.05) is 53.6 Å². The molecule has 3 rings (SSSR count). The van der Waals surface area contributed by atoms with Crippen LogP contribution in [0.4, 0.5) is 0 Å². The van der Waals surface area contributed by atoms with Crippen molar-refractivity contribution >= 4 is 46.1 Å². The van der Waals surface area contributed by atoms with Crippen LogP contribution in [0.25, 0.3) is 22.9 Å². The van der Waals surface area contributed by atoms with Crippen LogP contribution in [0.15, 0.2) is 24.3 Å². The first-order valence-corrected chi connectivity index (χ1v) is 5.12. The van der Waals surface area contributed by atoms with E-state index in [1.807, 2.05) is 18.2 Å². The van der Waals surface area contributed by atoms with Crippen molar-refractivity contribution in [3.8, 4) is 0 Å². The molecule has 14 heavy (non-hydrogen) atoms. The third kappa shape index (κ3) is 0.956. The topological polar surface area (TPSA) is 0 Å². The fraction of sp³-hybridized carbons (Fsp3) is 0. The van der Waals surface area contributed by atoms with Gasteiger partial charge < -0.3 is 0 Å². The largest absolute Gasteiger partial charge is 0.0827 e. The molecule has 2 aromatic carbocycles. The predicted octanol–water partition coefficient (Wildman–Crippen LogP) is 4.63. The Balaban J connectivity index is 2.62. The summed E-state index contributed by atoms with van der Waals surface area (Å²) in [4.78, 5) is 0. The van der Waals surface area contributed by atoms with Crippen molar-refractivity contribution in [1.29, 1.82) is 0 Å². The molecule has 0 unspecified atom stereocenters.